The lowest BCUT2D eigenvalue weighted by molar-refractivity contribution is -0.143. The molecule has 1 heterocycles. The molecule has 1 aromatic rings. The van der Waals surface area contributed by atoms with E-state index in [0.717, 1.165) is 18.5 Å². The number of hydrogen-bond acceptors (Lipinski definition) is 4. The number of nitrogens with zero attached hydrogens (tertiary/aromatic N) is 1. The third kappa shape index (κ3) is 5.05. The van der Waals surface area contributed by atoms with E-state index in [9.17, 15) is 14.4 Å². The fraction of sp³-hybridized carbons (Fsp3) is 0.526. The number of anilines is 1. The summed E-state index contributed by atoms with van der Waals surface area (Å²) in [5.74, 6) is -0.409. The van der Waals surface area contributed by atoms with Crippen LogP contribution in [0.25, 0.3) is 0 Å². The Hall–Kier alpha value is -2.37. The van der Waals surface area contributed by atoms with E-state index in [0.29, 0.717) is 24.9 Å². The molecule has 1 N–H and O–H groups in total. The molecule has 0 aromatic heterocycles. The molecule has 1 unspecified atom stereocenters. The van der Waals surface area contributed by atoms with E-state index in [1.807, 2.05) is 13.8 Å². The van der Waals surface area contributed by atoms with Crippen LogP contribution in [0.3, 0.4) is 0 Å². The maximum atomic E-state index is 12.4. The second-order valence-electron chi connectivity index (χ2n) is 6.73. The zero-order chi connectivity index (χ0) is 18.4. The van der Waals surface area contributed by atoms with Gasteiger partial charge in [0.05, 0.1) is 7.11 Å². The lowest BCUT2D eigenvalue weighted by atomic mass is 10.0. The van der Waals surface area contributed by atoms with Crippen molar-refractivity contribution in [3.8, 4) is 0 Å². The normalized spacial score (nSPS) is 15.8. The topological polar surface area (TPSA) is 75.7 Å². The highest BCUT2D eigenvalue weighted by atomic mass is 16.5. The van der Waals surface area contributed by atoms with Crippen molar-refractivity contribution in [3.05, 3.63) is 29.8 Å². The van der Waals surface area contributed by atoms with E-state index >= 15 is 0 Å². The monoisotopic (exact) mass is 346 g/mol. The number of carbonyl (C=O) groups excluding carboxylic acids is 3. The maximum absolute atomic E-state index is 12.4. The minimum atomic E-state index is -0.666. The van der Waals surface area contributed by atoms with Crippen molar-refractivity contribution in [1.29, 1.82) is 0 Å². The van der Waals surface area contributed by atoms with Crippen LogP contribution >= 0.6 is 0 Å². The van der Waals surface area contributed by atoms with Gasteiger partial charge in [-0.15, -0.1) is 0 Å². The highest BCUT2D eigenvalue weighted by molar-refractivity contribution is 5.98. The van der Waals surface area contributed by atoms with Gasteiger partial charge in [-0.1, -0.05) is 13.8 Å². The van der Waals surface area contributed by atoms with E-state index < -0.39 is 12.0 Å². The fourth-order valence-electron chi connectivity index (χ4n) is 2.94. The van der Waals surface area contributed by atoms with Crippen LogP contribution in [0.4, 0.5) is 5.69 Å². The molecule has 0 saturated carbocycles. The Morgan fingerprint density at radius 2 is 1.88 bits per heavy atom. The first-order valence-electron chi connectivity index (χ1n) is 8.71. The fourth-order valence-corrected chi connectivity index (χ4v) is 2.94. The smallest absolute Gasteiger partial charge is 0.328 e. The molecule has 1 fully saturated rings. The van der Waals surface area contributed by atoms with Crippen molar-refractivity contribution in [3.63, 3.8) is 0 Å². The van der Waals surface area contributed by atoms with Crippen LogP contribution < -0.4 is 10.2 Å². The molecule has 0 aliphatic carbocycles. The zero-order valence-electron chi connectivity index (χ0n) is 15.1. The Balaban J connectivity index is 2.06. The average Bonchev–Trinajstić information content (AvgIpc) is 2.60. The zero-order valence-corrected chi connectivity index (χ0v) is 15.1. The number of hydrogen-bond donors (Lipinski definition) is 1. The molecule has 0 bridgehead atoms. The van der Waals surface area contributed by atoms with Crippen LogP contribution in [0.15, 0.2) is 24.3 Å². The maximum Gasteiger partial charge on any atom is 0.328 e. The van der Waals surface area contributed by atoms with Crippen molar-refractivity contribution >= 4 is 23.5 Å². The van der Waals surface area contributed by atoms with Gasteiger partial charge in [-0.05, 0) is 49.4 Å². The van der Waals surface area contributed by atoms with Gasteiger partial charge in [-0.3, -0.25) is 9.59 Å². The third-order valence-electron chi connectivity index (χ3n) is 4.26. The highest BCUT2D eigenvalue weighted by Crippen LogP contribution is 2.21. The Bertz CT molecular complexity index is 625. The molecule has 25 heavy (non-hydrogen) atoms. The standard InChI is InChI=1S/C19H26N2O4/c1-13(2)12-16(19(24)25-3)20-18(23)14-7-9-15(10-8-14)21-11-5-4-6-17(21)22/h7-10,13,16H,4-6,11-12H2,1-3H3,(H,20,23). The molecule has 6 nitrogen and oxygen atoms in total. The summed E-state index contributed by atoms with van der Waals surface area (Å²) in [4.78, 5) is 38.0. The number of amides is 2. The predicted octanol–water partition coefficient (Wildman–Crippen LogP) is 2.52. The molecule has 0 spiro atoms. The summed E-state index contributed by atoms with van der Waals surface area (Å²) in [7, 11) is 1.31. The first kappa shape index (κ1) is 19.0. The second-order valence-corrected chi connectivity index (χ2v) is 6.73. The molecule has 1 aromatic carbocycles. The Morgan fingerprint density at radius 3 is 2.44 bits per heavy atom. The summed E-state index contributed by atoms with van der Waals surface area (Å²) in [6.07, 6.45) is 3.00. The number of benzene rings is 1. The number of carbonyl (C=O) groups is 3. The summed E-state index contributed by atoms with van der Waals surface area (Å²) in [6.45, 7) is 4.67. The van der Waals surface area contributed by atoms with Gasteiger partial charge < -0.3 is 15.0 Å². The molecule has 136 valence electrons. The van der Waals surface area contributed by atoms with E-state index in [2.05, 4.69) is 5.32 Å². The van der Waals surface area contributed by atoms with E-state index in [4.69, 9.17) is 4.74 Å². The van der Waals surface area contributed by atoms with Gasteiger partial charge >= 0.3 is 5.97 Å². The number of nitrogens with one attached hydrogen (secondary N) is 1. The number of esters is 1. The molecule has 1 saturated heterocycles. The number of methoxy groups -OCH3 is 1. The molecular formula is C19H26N2O4. The van der Waals surface area contributed by atoms with Crippen LogP contribution in [-0.2, 0) is 14.3 Å². The van der Waals surface area contributed by atoms with Crippen molar-refractivity contribution in [2.75, 3.05) is 18.6 Å². The quantitative estimate of drug-likeness (QED) is 0.803. The minimum absolute atomic E-state index is 0.117. The van der Waals surface area contributed by atoms with Gasteiger partial charge in [0.2, 0.25) is 5.91 Å². The summed E-state index contributed by atoms with van der Waals surface area (Å²) in [6, 6.07) is 6.23. The van der Waals surface area contributed by atoms with Gasteiger partial charge in [0.25, 0.3) is 5.91 Å². The Kier molecular flexibility index (Phi) is 6.56. The first-order valence-corrected chi connectivity index (χ1v) is 8.71. The van der Waals surface area contributed by atoms with E-state index in [1.54, 1.807) is 29.2 Å². The minimum Gasteiger partial charge on any atom is -0.467 e. The van der Waals surface area contributed by atoms with Crippen molar-refractivity contribution in [2.24, 2.45) is 5.92 Å². The lowest BCUT2D eigenvalue weighted by Gasteiger charge is -2.26. The SMILES string of the molecule is COC(=O)C(CC(C)C)NC(=O)c1ccc(N2CCCCC2=O)cc1. The Morgan fingerprint density at radius 1 is 1.20 bits per heavy atom. The molecule has 6 heteroatoms. The molecule has 1 aliphatic heterocycles. The first-order chi connectivity index (χ1) is 11.9. The van der Waals surface area contributed by atoms with Gasteiger partial charge in [0, 0.05) is 24.2 Å². The molecule has 2 rings (SSSR count). The van der Waals surface area contributed by atoms with Gasteiger partial charge in [-0.25, -0.2) is 4.79 Å². The van der Waals surface area contributed by atoms with E-state index in [-0.39, 0.29) is 17.7 Å². The van der Waals surface area contributed by atoms with Crippen LogP contribution in [0, 0.1) is 5.92 Å². The summed E-state index contributed by atoms with van der Waals surface area (Å²) < 4.78 is 4.76. The van der Waals surface area contributed by atoms with Crippen LogP contribution in [-0.4, -0.2) is 37.5 Å². The highest BCUT2D eigenvalue weighted by Gasteiger charge is 2.24. The van der Waals surface area contributed by atoms with Gasteiger partial charge in [-0.2, -0.15) is 0 Å². The van der Waals surface area contributed by atoms with Crippen molar-refractivity contribution in [1.82, 2.24) is 5.32 Å². The van der Waals surface area contributed by atoms with E-state index in [1.165, 1.54) is 7.11 Å². The molecule has 2 amide bonds. The lowest BCUT2D eigenvalue weighted by Crippen LogP contribution is -2.42. The van der Waals surface area contributed by atoms with Gasteiger partial charge in [0.15, 0.2) is 0 Å². The summed E-state index contributed by atoms with van der Waals surface area (Å²) >= 11 is 0. The van der Waals surface area contributed by atoms with Crippen molar-refractivity contribution < 1.29 is 19.1 Å². The summed E-state index contributed by atoms with van der Waals surface area (Å²) in [5.41, 5.74) is 1.25. The average molecular weight is 346 g/mol. The molecule has 1 aliphatic rings. The number of piperidine rings is 1. The van der Waals surface area contributed by atoms with Crippen LogP contribution in [0.2, 0.25) is 0 Å². The predicted molar refractivity (Wildman–Crippen MR) is 95.4 cm³/mol. The van der Waals surface area contributed by atoms with Crippen molar-refractivity contribution in [2.45, 2.75) is 45.6 Å². The Labute approximate surface area is 148 Å². The molecule has 0 radical (unpaired) electrons. The van der Waals surface area contributed by atoms with Crippen LogP contribution in [0.5, 0.6) is 0 Å². The summed E-state index contributed by atoms with van der Waals surface area (Å²) in [5, 5.41) is 2.73. The second kappa shape index (κ2) is 8.65. The van der Waals surface area contributed by atoms with Gasteiger partial charge in [0.1, 0.15) is 6.04 Å². The van der Waals surface area contributed by atoms with Crippen LogP contribution in [0.1, 0.15) is 49.9 Å². The molecule has 1 atom stereocenters. The largest absolute Gasteiger partial charge is 0.467 e. The number of rotatable bonds is 6. The number of ether oxygens (including phenoxy) is 1. The third-order valence-corrected chi connectivity index (χ3v) is 4.26. The molecular weight excluding hydrogens is 320 g/mol.